The Labute approximate surface area is 119 Å². The predicted molar refractivity (Wildman–Crippen MR) is 82.3 cm³/mol. The molecule has 0 fully saturated rings. The standard InChI is InChI=1S/C13H25N5O2/c1-5-6-8-18-11(14)10(15-7-9-16(2)3)12(19)17(4)13(18)20/h15H,5-9,14H2,1-4H3. The maximum atomic E-state index is 12.1. The normalized spacial score (nSPS) is 11.1. The molecule has 0 bridgehead atoms. The van der Waals surface area contributed by atoms with Gasteiger partial charge in [0.1, 0.15) is 11.5 Å². The molecule has 0 amide bonds. The number of nitrogen functional groups attached to an aromatic ring is 1. The van der Waals surface area contributed by atoms with Crippen molar-refractivity contribution in [3.05, 3.63) is 20.8 Å². The van der Waals surface area contributed by atoms with Gasteiger partial charge in [0.15, 0.2) is 0 Å². The summed E-state index contributed by atoms with van der Waals surface area (Å²) in [6.45, 7) is 3.94. The second kappa shape index (κ2) is 7.14. The van der Waals surface area contributed by atoms with Gasteiger partial charge in [-0.25, -0.2) is 4.79 Å². The van der Waals surface area contributed by atoms with E-state index in [4.69, 9.17) is 5.73 Å². The molecule has 1 aromatic rings. The van der Waals surface area contributed by atoms with E-state index in [-0.39, 0.29) is 17.1 Å². The Kier molecular flexibility index (Phi) is 5.82. The molecule has 0 aliphatic heterocycles. The summed E-state index contributed by atoms with van der Waals surface area (Å²) in [4.78, 5) is 26.2. The molecule has 1 rings (SSSR count). The van der Waals surface area contributed by atoms with Crippen molar-refractivity contribution in [3.8, 4) is 0 Å². The largest absolute Gasteiger partial charge is 0.383 e. The average molecular weight is 283 g/mol. The van der Waals surface area contributed by atoms with Gasteiger partial charge in [-0.15, -0.1) is 0 Å². The Morgan fingerprint density at radius 3 is 2.50 bits per heavy atom. The lowest BCUT2D eigenvalue weighted by atomic mass is 10.3. The van der Waals surface area contributed by atoms with Crippen LogP contribution in [-0.4, -0.2) is 41.2 Å². The number of nitrogens with zero attached hydrogens (tertiary/aromatic N) is 3. The third-order valence-corrected chi connectivity index (χ3v) is 3.18. The highest BCUT2D eigenvalue weighted by Gasteiger charge is 2.14. The summed E-state index contributed by atoms with van der Waals surface area (Å²) in [7, 11) is 5.38. The van der Waals surface area contributed by atoms with E-state index in [1.807, 2.05) is 25.9 Å². The molecule has 0 unspecified atom stereocenters. The van der Waals surface area contributed by atoms with Crippen LogP contribution in [0, 0.1) is 0 Å². The first-order valence-electron chi connectivity index (χ1n) is 6.88. The van der Waals surface area contributed by atoms with Crippen LogP contribution in [0.3, 0.4) is 0 Å². The van der Waals surface area contributed by atoms with E-state index in [1.165, 1.54) is 11.6 Å². The molecule has 0 atom stereocenters. The first-order valence-corrected chi connectivity index (χ1v) is 6.88. The predicted octanol–water partition coefficient (Wildman–Crippen LogP) is -0.0972. The Bertz CT molecular complexity index is 559. The van der Waals surface area contributed by atoms with E-state index >= 15 is 0 Å². The second-order valence-corrected chi connectivity index (χ2v) is 5.14. The van der Waals surface area contributed by atoms with Gasteiger partial charge in [-0.1, -0.05) is 13.3 Å². The van der Waals surface area contributed by atoms with Gasteiger partial charge in [-0.05, 0) is 20.5 Å². The number of aromatic nitrogens is 2. The van der Waals surface area contributed by atoms with Crippen LogP contribution in [0.4, 0.5) is 11.5 Å². The molecule has 1 heterocycles. The van der Waals surface area contributed by atoms with E-state index in [9.17, 15) is 9.59 Å². The number of hydrogen-bond donors (Lipinski definition) is 2. The van der Waals surface area contributed by atoms with Gasteiger partial charge in [-0.3, -0.25) is 13.9 Å². The van der Waals surface area contributed by atoms with Crippen molar-refractivity contribution in [1.82, 2.24) is 14.0 Å². The number of nitrogens with two attached hydrogens (primary N) is 1. The quantitative estimate of drug-likeness (QED) is 0.730. The molecular weight excluding hydrogens is 258 g/mol. The highest BCUT2D eigenvalue weighted by Crippen LogP contribution is 2.11. The molecule has 0 aromatic carbocycles. The van der Waals surface area contributed by atoms with Gasteiger partial charge >= 0.3 is 5.69 Å². The van der Waals surface area contributed by atoms with E-state index in [0.717, 1.165) is 24.0 Å². The zero-order valence-corrected chi connectivity index (χ0v) is 12.8. The van der Waals surface area contributed by atoms with Crippen molar-refractivity contribution in [1.29, 1.82) is 0 Å². The van der Waals surface area contributed by atoms with Crippen LogP contribution in [-0.2, 0) is 13.6 Å². The summed E-state index contributed by atoms with van der Waals surface area (Å²) >= 11 is 0. The van der Waals surface area contributed by atoms with E-state index in [1.54, 1.807) is 0 Å². The minimum Gasteiger partial charge on any atom is -0.383 e. The van der Waals surface area contributed by atoms with Crippen molar-refractivity contribution in [3.63, 3.8) is 0 Å². The lowest BCUT2D eigenvalue weighted by Gasteiger charge is -2.17. The number of unbranched alkanes of at least 4 members (excludes halogenated alkanes) is 1. The van der Waals surface area contributed by atoms with Crippen LogP contribution in [0.1, 0.15) is 19.8 Å². The van der Waals surface area contributed by atoms with Gasteiger partial charge < -0.3 is 16.0 Å². The fourth-order valence-electron chi connectivity index (χ4n) is 1.89. The number of anilines is 2. The highest BCUT2D eigenvalue weighted by molar-refractivity contribution is 5.60. The molecule has 1 aromatic heterocycles. The Hall–Kier alpha value is -1.76. The molecule has 0 aliphatic carbocycles. The number of likely N-dealkylation sites (N-methyl/N-ethyl adjacent to an activating group) is 1. The lowest BCUT2D eigenvalue weighted by molar-refractivity contribution is 0.425. The molecule has 7 heteroatoms. The maximum Gasteiger partial charge on any atom is 0.332 e. The lowest BCUT2D eigenvalue weighted by Crippen LogP contribution is -2.41. The van der Waals surface area contributed by atoms with E-state index < -0.39 is 0 Å². The molecule has 0 saturated carbocycles. The molecule has 3 N–H and O–H groups in total. The second-order valence-electron chi connectivity index (χ2n) is 5.14. The van der Waals surface area contributed by atoms with Crippen molar-refractivity contribution < 1.29 is 0 Å². The molecule has 20 heavy (non-hydrogen) atoms. The summed E-state index contributed by atoms with van der Waals surface area (Å²) in [5.74, 6) is 0.227. The van der Waals surface area contributed by atoms with Gasteiger partial charge in [0.05, 0.1) is 0 Å². The van der Waals surface area contributed by atoms with Gasteiger partial charge in [0.25, 0.3) is 5.56 Å². The molecule has 7 nitrogen and oxygen atoms in total. The molecule has 0 radical (unpaired) electrons. The van der Waals surface area contributed by atoms with Gasteiger partial charge in [0.2, 0.25) is 0 Å². The van der Waals surface area contributed by atoms with Crippen molar-refractivity contribution in [2.75, 3.05) is 38.2 Å². The summed E-state index contributed by atoms with van der Waals surface area (Å²) in [6, 6.07) is 0. The zero-order valence-electron chi connectivity index (χ0n) is 12.8. The third-order valence-electron chi connectivity index (χ3n) is 3.18. The van der Waals surface area contributed by atoms with Crippen molar-refractivity contribution >= 4 is 11.5 Å². The SMILES string of the molecule is CCCCn1c(N)c(NCCN(C)C)c(=O)n(C)c1=O. The van der Waals surface area contributed by atoms with Crippen LogP contribution < -0.4 is 22.3 Å². The maximum absolute atomic E-state index is 12.1. The molecular formula is C13H25N5O2. The average Bonchev–Trinajstić information content (AvgIpc) is 2.40. The van der Waals surface area contributed by atoms with Gasteiger partial charge in [-0.2, -0.15) is 0 Å². The van der Waals surface area contributed by atoms with Crippen LogP contribution >= 0.6 is 0 Å². The third kappa shape index (κ3) is 3.63. The van der Waals surface area contributed by atoms with Crippen molar-refractivity contribution in [2.45, 2.75) is 26.3 Å². The summed E-state index contributed by atoms with van der Waals surface area (Å²) < 4.78 is 2.56. The fraction of sp³-hybridized carbons (Fsp3) is 0.692. The minimum atomic E-state index is -0.376. The monoisotopic (exact) mass is 283 g/mol. The smallest absolute Gasteiger partial charge is 0.332 e. The van der Waals surface area contributed by atoms with Crippen molar-refractivity contribution in [2.24, 2.45) is 7.05 Å². The fourth-order valence-corrected chi connectivity index (χ4v) is 1.89. The topological polar surface area (TPSA) is 85.3 Å². The summed E-state index contributed by atoms with van der Waals surface area (Å²) in [6.07, 6.45) is 1.80. The molecule has 0 aliphatic rings. The molecule has 114 valence electrons. The zero-order chi connectivity index (χ0) is 15.3. The molecule has 0 saturated heterocycles. The van der Waals surface area contributed by atoms with Crippen LogP contribution in [0.2, 0.25) is 0 Å². The number of rotatable bonds is 7. The summed E-state index contributed by atoms with van der Waals surface area (Å²) in [5.41, 5.74) is 5.56. The number of nitrogens with one attached hydrogen (secondary N) is 1. The Balaban J connectivity index is 3.13. The van der Waals surface area contributed by atoms with Crippen LogP contribution in [0.25, 0.3) is 0 Å². The first-order chi connectivity index (χ1) is 9.40. The van der Waals surface area contributed by atoms with Crippen LogP contribution in [0.15, 0.2) is 9.59 Å². The minimum absolute atomic E-state index is 0.227. The van der Waals surface area contributed by atoms with Gasteiger partial charge in [0, 0.05) is 26.7 Å². The first kappa shape index (κ1) is 16.3. The summed E-state index contributed by atoms with van der Waals surface area (Å²) in [5, 5.41) is 3.04. The Morgan fingerprint density at radius 2 is 1.95 bits per heavy atom. The Morgan fingerprint density at radius 1 is 1.30 bits per heavy atom. The van der Waals surface area contributed by atoms with Crippen LogP contribution in [0.5, 0.6) is 0 Å². The molecule has 0 spiro atoms. The van der Waals surface area contributed by atoms with E-state index in [2.05, 4.69) is 5.32 Å². The highest BCUT2D eigenvalue weighted by atomic mass is 16.2. The number of hydrogen-bond acceptors (Lipinski definition) is 5. The van der Waals surface area contributed by atoms with E-state index in [0.29, 0.717) is 18.8 Å².